The third-order valence-electron chi connectivity index (χ3n) is 3.09. The van der Waals surface area contributed by atoms with E-state index in [1.807, 2.05) is 13.0 Å². The molecule has 1 aliphatic rings. The van der Waals surface area contributed by atoms with Crippen molar-refractivity contribution in [3.8, 4) is 0 Å². The molecule has 1 N–H and O–H groups in total. The van der Waals surface area contributed by atoms with Crippen molar-refractivity contribution in [2.45, 2.75) is 42.8 Å². The molecule has 98 valence electrons. The summed E-state index contributed by atoms with van der Waals surface area (Å²) in [5.41, 5.74) is 1.01. The molecule has 4 nitrogen and oxygen atoms in total. The second kappa shape index (κ2) is 6.09. The lowest BCUT2D eigenvalue weighted by Crippen LogP contribution is -1.99. The van der Waals surface area contributed by atoms with Gasteiger partial charge in [0.15, 0.2) is 0 Å². The molecule has 2 rings (SSSR count). The standard InChI is InChI=1S/C13H18N2O2S/c1-2-14-10-7-11(15(16)17)9-13(8-10)18-12-5-3-4-6-12/h7-9,12,14H,2-6H2,1H3. The van der Waals surface area contributed by atoms with Gasteiger partial charge < -0.3 is 5.32 Å². The number of rotatable bonds is 5. The van der Waals surface area contributed by atoms with E-state index in [1.54, 1.807) is 23.9 Å². The summed E-state index contributed by atoms with van der Waals surface area (Å²) < 4.78 is 0. The highest BCUT2D eigenvalue weighted by molar-refractivity contribution is 8.00. The van der Waals surface area contributed by atoms with E-state index in [4.69, 9.17) is 0 Å². The molecule has 0 radical (unpaired) electrons. The van der Waals surface area contributed by atoms with Crippen LogP contribution in [0, 0.1) is 10.1 Å². The smallest absolute Gasteiger partial charge is 0.272 e. The quantitative estimate of drug-likeness (QED) is 0.645. The maximum Gasteiger partial charge on any atom is 0.272 e. The molecule has 0 aromatic heterocycles. The number of nitrogens with zero attached hydrogens (tertiary/aromatic N) is 1. The second-order valence-electron chi connectivity index (χ2n) is 4.53. The van der Waals surface area contributed by atoms with Crippen molar-refractivity contribution in [2.24, 2.45) is 0 Å². The lowest BCUT2D eigenvalue weighted by Gasteiger charge is -2.10. The van der Waals surface area contributed by atoms with Crippen molar-refractivity contribution >= 4 is 23.1 Å². The largest absolute Gasteiger partial charge is 0.385 e. The SMILES string of the molecule is CCNc1cc(SC2CCCC2)cc([N+](=O)[O-])c1. The summed E-state index contributed by atoms with van der Waals surface area (Å²) in [6, 6.07) is 5.30. The van der Waals surface area contributed by atoms with Crippen LogP contribution in [-0.2, 0) is 0 Å². The highest BCUT2D eigenvalue weighted by Crippen LogP contribution is 2.37. The highest BCUT2D eigenvalue weighted by Gasteiger charge is 2.18. The first kappa shape index (κ1) is 13.2. The van der Waals surface area contributed by atoms with Crippen LogP contribution in [-0.4, -0.2) is 16.7 Å². The van der Waals surface area contributed by atoms with Gasteiger partial charge in [0.25, 0.3) is 5.69 Å². The zero-order valence-electron chi connectivity index (χ0n) is 10.5. The fourth-order valence-electron chi connectivity index (χ4n) is 2.26. The van der Waals surface area contributed by atoms with E-state index in [0.29, 0.717) is 5.25 Å². The van der Waals surface area contributed by atoms with Crippen molar-refractivity contribution in [2.75, 3.05) is 11.9 Å². The van der Waals surface area contributed by atoms with Gasteiger partial charge in [0.2, 0.25) is 0 Å². The van der Waals surface area contributed by atoms with Gasteiger partial charge in [-0.3, -0.25) is 10.1 Å². The van der Waals surface area contributed by atoms with E-state index in [-0.39, 0.29) is 10.6 Å². The Kier molecular flexibility index (Phi) is 4.47. The monoisotopic (exact) mass is 266 g/mol. The fourth-order valence-corrected chi connectivity index (χ4v) is 3.60. The van der Waals surface area contributed by atoms with E-state index < -0.39 is 0 Å². The van der Waals surface area contributed by atoms with E-state index in [1.165, 1.54) is 25.7 Å². The van der Waals surface area contributed by atoms with Crippen LogP contribution >= 0.6 is 11.8 Å². The van der Waals surface area contributed by atoms with Crippen LogP contribution in [0.15, 0.2) is 23.1 Å². The van der Waals surface area contributed by atoms with Crippen molar-refractivity contribution in [3.63, 3.8) is 0 Å². The molecule has 0 heterocycles. The van der Waals surface area contributed by atoms with Crippen LogP contribution < -0.4 is 5.32 Å². The molecule has 1 aromatic carbocycles. The van der Waals surface area contributed by atoms with Gasteiger partial charge in [-0.1, -0.05) is 12.8 Å². The maximum atomic E-state index is 10.9. The Hall–Kier alpha value is -1.23. The Morgan fingerprint density at radius 3 is 2.72 bits per heavy atom. The van der Waals surface area contributed by atoms with Crippen LogP contribution in [0.5, 0.6) is 0 Å². The Morgan fingerprint density at radius 1 is 1.39 bits per heavy atom. The summed E-state index contributed by atoms with van der Waals surface area (Å²) in [4.78, 5) is 11.6. The first-order valence-electron chi connectivity index (χ1n) is 6.39. The Bertz CT molecular complexity index is 431. The summed E-state index contributed by atoms with van der Waals surface area (Å²) in [7, 11) is 0. The van der Waals surface area contributed by atoms with Crippen molar-refractivity contribution in [1.82, 2.24) is 0 Å². The first-order valence-corrected chi connectivity index (χ1v) is 7.27. The van der Waals surface area contributed by atoms with Gasteiger partial charge in [0.1, 0.15) is 0 Å². The van der Waals surface area contributed by atoms with Gasteiger partial charge in [-0.15, -0.1) is 11.8 Å². The average Bonchev–Trinajstić information content (AvgIpc) is 2.82. The second-order valence-corrected chi connectivity index (χ2v) is 5.90. The number of benzene rings is 1. The van der Waals surface area contributed by atoms with Gasteiger partial charge in [-0.2, -0.15) is 0 Å². The van der Waals surface area contributed by atoms with Crippen LogP contribution in [0.3, 0.4) is 0 Å². The Labute approximate surface area is 111 Å². The van der Waals surface area contributed by atoms with Gasteiger partial charge in [0, 0.05) is 34.5 Å². The van der Waals surface area contributed by atoms with Gasteiger partial charge >= 0.3 is 0 Å². The number of hydrogen-bond donors (Lipinski definition) is 1. The van der Waals surface area contributed by atoms with Crippen LogP contribution in [0.1, 0.15) is 32.6 Å². The van der Waals surface area contributed by atoms with Crippen molar-refractivity contribution < 1.29 is 4.92 Å². The summed E-state index contributed by atoms with van der Waals surface area (Å²) in [6.07, 6.45) is 5.02. The molecule has 0 atom stereocenters. The topological polar surface area (TPSA) is 55.2 Å². The lowest BCUT2D eigenvalue weighted by atomic mass is 10.3. The molecule has 1 aliphatic carbocycles. The minimum Gasteiger partial charge on any atom is -0.385 e. The number of nitrogens with one attached hydrogen (secondary N) is 1. The molecule has 1 aromatic rings. The van der Waals surface area contributed by atoms with Gasteiger partial charge in [0.05, 0.1) is 4.92 Å². The molecule has 1 saturated carbocycles. The predicted octanol–water partition coefficient (Wildman–Crippen LogP) is 4.06. The molecular weight excluding hydrogens is 248 g/mol. The van der Waals surface area contributed by atoms with Gasteiger partial charge in [-0.25, -0.2) is 0 Å². The Morgan fingerprint density at radius 2 is 2.11 bits per heavy atom. The summed E-state index contributed by atoms with van der Waals surface area (Å²) >= 11 is 1.78. The number of anilines is 1. The summed E-state index contributed by atoms with van der Waals surface area (Å²) in [6.45, 7) is 2.76. The molecule has 18 heavy (non-hydrogen) atoms. The summed E-state index contributed by atoms with van der Waals surface area (Å²) in [5, 5.41) is 14.7. The summed E-state index contributed by atoms with van der Waals surface area (Å²) in [5.74, 6) is 0. The fraction of sp³-hybridized carbons (Fsp3) is 0.538. The molecule has 0 amide bonds. The van der Waals surface area contributed by atoms with E-state index >= 15 is 0 Å². The Balaban J connectivity index is 2.18. The average molecular weight is 266 g/mol. The minimum absolute atomic E-state index is 0.175. The van der Waals surface area contributed by atoms with E-state index in [9.17, 15) is 10.1 Å². The molecular formula is C13H18N2O2S. The maximum absolute atomic E-state index is 10.9. The molecule has 1 fully saturated rings. The number of non-ortho nitro benzene ring substituents is 1. The zero-order valence-corrected chi connectivity index (χ0v) is 11.3. The minimum atomic E-state index is -0.320. The normalized spacial score (nSPS) is 15.8. The zero-order chi connectivity index (χ0) is 13.0. The molecule has 5 heteroatoms. The van der Waals surface area contributed by atoms with Crippen LogP contribution in [0.4, 0.5) is 11.4 Å². The van der Waals surface area contributed by atoms with Crippen molar-refractivity contribution in [3.05, 3.63) is 28.3 Å². The predicted molar refractivity (Wildman–Crippen MR) is 75.4 cm³/mol. The molecule has 0 unspecified atom stereocenters. The third-order valence-corrected chi connectivity index (χ3v) is 4.40. The van der Waals surface area contributed by atoms with Crippen molar-refractivity contribution in [1.29, 1.82) is 0 Å². The third kappa shape index (κ3) is 3.38. The van der Waals surface area contributed by atoms with Gasteiger partial charge in [-0.05, 0) is 25.8 Å². The molecule has 0 bridgehead atoms. The van der Waals surface area contributed by atoms with Crippen LogP contribution in [0.25, 0.3) is 0 Å². The van der Waals surface area contributed by atoms with Crippen LogP contribution in [0.2, 0.25) is 0 Å². The van der Waals surface area contributed by atoms with E-state index in [2.05, 4.69) is 5.32 Å². The molecule has 0 spiro atoms. The number of nitro benzene ring substituents is 1. The molecule has 0 aliphatic heterocycles. The highest BCUT2D eigenvalue weighted by atomic mass is 32.2. The number of nitro groups is 1. The molecule has 0 saturated heterocycles. The number of thioether (sulfide) groups is 1. The first-order chi connectivity index (χ1) is 8.69. The van der Waals surface area contributed by atoms with E-state index in [0.717, 1.165) is 17.1 Å². The number of hydrogen-bond acceptors (Lipinski definition) is 4. The lowest BCUT2D eigenvalue weighted by molar-refractivity contribution is -0.385.